The van der Waals surface area contributed by atoms with E-state index in [9.17, 15) is 4.79 Å². The predicted octanol–water partition coefficient (Wildman–Crippen LogP) is 1.98. The van der Waals surface area contributed by atoms with Crippen molar-refractivity contribution in [3.05, 3.63) is 23.8 Å². The molecule has 1 saturated heterocycles. The number of likely N-dealkylation sites (N-methyl/N-ethyl adjacent to an activating group) is 1. The number of carbonyl (C=O) groups is 1. The highest BCUT2D eigenvalue weighted by atomic mass is 16.5. The summed E-state index contributed by atoms with van der Waals surface area (Å²) in [5.41, 5.74) is 8.21. The van der Waals surface area contributed by atoms with Crippen LogP contribution < -0.4 is 10.6 Å². The third-order valence-electron chi connectivity index (χ3n) is 3.87. The molecular formula is C16H25N3O2. The first-order valence-corrected chi connectivity index (χ1v) is 7.50. The van der Waals surface area contributed by atoms with Crippen molar-refractivity contribution in [1.29, 1.82) is 0 Å². The normalized spacial score (nSPS) is 17.8. The summed E-state index contributed by atoms with van der Waals surface area (Å²) in [5, 5.41) is 0. The molecule has 0 aromatic heterocycles. The van der Waals surface area contributed by atoms with Gasteiger partial charge in [-0.2, -0.15) is 0 Å². The van der Waals surface area contributed by atoms with E-state index in [2.05, 4.69) is 0 Å². The molecule has 2 N–H and O–H groups in total. The molecule has 1 aromatic rings. The maximum Gasteiger partial charge on any atom is 0.254 e. The Morgan fingerprint density at radius 2 is 2.19 bits per heavy atom. The number of ether oxygens (including phenoxy) is 1. The maximum atomic E-state index is 12.6. The van der Waals surface area contributed by atoms with Crippen molar-refractivity contribution in [3.63, 3.8) is 0 Å². The highest BCUT2D eigenvalue weighted by Gasteiger charge is 2.22. The molecule has 0 bridgehead atoms. The van der Waals surface area contributed by atoms with Crippen molar-refractivity contribution < 1.29 is 9.53 Å². The molecule has 5 nitrogen and oxygen atoms in total. The minimum Gasteiger partial charge on any atom is -0.397 e. The number of benzene rings is 1. The summed E-state index contributed by atoms with van der Waals surface area (Å²) < 4.78 is 5.62. The standard InChI is InChI=1S/C16H25N3O2/c1-4-19(11-13-6-5-9-21-13)16(20)12-7-8-15(18(2)3)14(17)10-12/h7-8,10,13H,4-6,9,11,17H2,1-3H3. The number of hydrogen-bond acceptors (Lipinski definition) is 4. The number of nitrogens with zero attached hydrogens (tertiary/aromatic N) is 2. The van der Waals surface area contributed by atoms with Gasteiger partial charge in [0, 0.05) is 39.4 Å². The second-order valence-electron chi connectivity index (χ2n) is 5.65. The van der Waals surface area contributed by atoms with Gasteiger partial charge in [-0.15, -0.1) is 0 Å². The van der Waals surface area contributed by atoms with E-state index in [1.54, 1.807) is 6.07 Å². The Balaban J connectivity index is 2.11. The van der Waals surface area contributed by atoms with Gasteiger partial charge in [-0.05, 0) is 38.0 Å². The molecule has 0 radical (unpaired) electrons. The van der Waals surface area contributed by atoms with Crippen LogP contribution in [0.3, 0.4) is 0 Å². The summed E-state index contributed by atoms with van der Waals surface area (Å²) in [6, 6.07) is 5.49. The third kappa shape index (κ3) is 3.67. The maximum absolute atomic E-state index is 12.6. The van der Waals surface area contributed by atoms with Crippen LogP contribution in [0.1, 0.15) is 30.1 Å². The summed E-state index contributed by atoms with van der Waals surface area (Å²) in [7, 11) is 3.87. The van der Waals surface area contributed by atoms with Crippen LogP contribution >= 0.6 is 0 Å². The fourth-order valence-corrected chi connectivity index (χ4v) is 2.67. The lowest BCUT2D eigenvalue weighted by atomic mass is 10.1. The van der Waals surface area contributed by atoms with Gasteiger partial charge in [-0.25, -0.2) is 0 Å². The molecule has 2 rings (SSSR count). The fraction of sp³-hybridized carbons (Fsp3) is 0.562. The van der Waals surface area contributed by atoms with Crippen LogP contribution in [0.2, 0.25) is 0 Å². The number of rotatable bonds is 5. The van der Waals surface area contributed by atoms with Gasteiger partial charge in [0.1, 0.15) is 0 Å². The monoisotopic (exact) mass is 291 g/mol. The number of carbonyl (C=O) groups excluding carboxylic acids is 1. The van der Waals surface area contributed by atoms with Crippen molar-refractivity contribution in [2.24, 2.45) is 0 Å². The molecule has 0 aliphatic carbocycles. The van der Waals surface area contributed by atoms with E-state index in [0.29, 0.717) is 24.3 Å². The molecule has 1 aromatic carbocycles. The van der Waals surface area contributed by atoms with Crippen LogP contribution in [0.4, 0.5) is 11.4 Å². The minimum absolute atomic E-state index is 0.0185. The Hall–Kier alpha value is -1.75. The Morgan fingerprint density at radius 3 is 2.71 bits per heavy atom. The second kappa shape index (κ2) is 6.80. The molecular weight excluding hydrogens is 266 g/mol. The molecule has 1 heterocycles. The fourth-order valence-electron chi connectivity index (χ4n) is 2.67. The first-order valence-electron chi connectivity index (χ1n) is 7.50. The summed E-state index contributed by atoms with van der Waals surface area (Å²) in [4.78, 5) is 16.4. The molecule has 1 fully saturated rings. The molecule has 0 saturated carbocycles. The van der Waals surface area contributed by atoms with E-state index in [1.807, 2.05) is 43.0 Å². The lowest BCUT2D eigenvalue weighted by Crippen LogP contribution is -2.37. The SMILES string of the molecule is CCN(CC1CCCO1)C(=O)c1ccc(N(C)C)c(N)c1. The van der Waals surface area contributed by atoms with Gasteiger partial charge in [-0.3, -0.25) is 4.79 Å². The van der Waals surface area contributed by atoms with Gasteiger partial charge in [0.25, 0.3) is 5.91 Å². The quantitative estimate of drug-likeness (QED) is 0.843. The van der Waals surface area contributed by atoms with Gasteiger partial charge in [0.05, 0.1) is 17.5 Å². The average molecular weight is 291 g/mol. The Morgan fingerprint density at radius 1 is 1.43 bits per heavy atom. The van der Waals surface area contributed by atoms with Crippen molar-refractivity contribution >= 4 is 17.3 Å². The summed E-state index contributed by atoms with van der Waals surface area (Å²) in [6.45, 7) is 4.13. The van der Waals surface area contributed by atoms with E-state index in [1.165, 1.54) is 0 Å². The molecule has 1 amide bonds. The average Bonchev–Trinajstić information content (AvgIpc) is 2.96. The third-order valence-corrected chi connectivity index (χ3v) is 3.87. The lowest BCUT2D eigenvalue weighted by molar-refractivity contribution is 0.0539. The van der Waals surface area contributed by atoms with Gasteiger partial charge >= 0.3 is 0 Å². The van der Waals surface area contributed by atoms with E-state index in [0.717, 1.165) is 25.1 Å². The summed E-state index contributed by atoms with van der Waals surface area (Å²) in [5.74, 6) is 0.0185. The topological polar surface area (TPSA) is 58.8 Å². The molecule has 1 unspecified atom stereocenters. The molecule has 1 atom stereocenters. The molecule has 0 spiro atoms. The van der Waals surface area contributed by atoms with Gasteiger partial charge in [0.15, 0.2) is 0 Å². The number of nitrogen functional groups attached to an aromatic ring is 1. The Bertz CT molecular complexity index is 496. The van der Waals surface area contributed by atoms with E-state index >= 15 is 0 Å². The minimum atomic E-state index is 0.0185. The highest BCUT2D eigenvalue weighted by Crippen LogP contribution is 2.23. The zero-order chi connectivity index (χ0) is 15.4. The zero-order valence-electron chi connectivity index (χ0n) is 13.1. The second-order valence-corrected chi connectivity index (χ2v) is 5.65. The van der Waals surface area contributed by atoms with Crippen LogP contribution in [0, 0.1) is 0 Å². The number of hydrogen-bond donors (Lipinski definition) is 1. The summed E-state index contributed by atoms with van der Waals surface area (Å²) in [6.07, 6.45) is 2.29. The number of anilines is 2. The van der Waals surface area contributed by atoms with E-state index in [4.69, 9.17) is 10.5 Å². The number of amides is 1. The van der Waals surface area contributed by atoms with Crippen molar-refractivity contribution in [2.45, 2.75) is 25.9 Å². The summed E-state index contributed by atoms with van der Waals surface area (Å²) >= 11 is 0. The predicted molar refractivity (Wildman–Crippen MR) is 85.7 cm³/mol. The molecule has 5 heteroatoms. The van der Waals surface area contributed by atoms with E-state index < -0.39 is 0 Å². The Labute approximate surface area is 126 Å². The van der Waals surface area contributed by atoms with Crippen LogP contribution in [0.5, 0.6) is 0 Å². The molecule has 1 aliphatic rings. The van der Waals surface area contributed by atoms with Crippen molar-refractivity contribution in [3.8, 4) is 0 Å². The van der Waals surface area contributed by atoms with Crippen LogP contribution in [0.25, 0.3) is 0 Å². The lowest BCUT2D eigenvalue weighted by Gasteiger charge is -2.24. The van der Waals surface area contributed by atoms with Crippen LogP contribution in [-0.4, -0.2) is 50.7 Å². The molecule has 116 valence electrons. The smallest absolute Gasteiger partial charge is 0.254 e. The van der Waals surface area contributed by atoms with Gasteiger partial charge < -0.3 is 20.3 Å². The van der Waals surface area contributed by atoms with Gasteiger partial charge in [-0.1, -0.05) is 0 Å². The molecule has 1 aliphatic heterocycles. The zero-order valence-corrected chi connectivity index (χ0v) is 13.1. The van der Waals surface area contributed by atoms with Crippen molar-refractivity contribution in [2.75, 3.05) is 44.4 Å². The largest absolute Gasteiger partial charge is 0.397 e. The number of nitrogens with two attached hydrogens (primary N) is 1. The highest BCUT2D eigenvalue weighted by molar-refractivity contribution is 5.96. The first-order chi connectivity index (χ1) is 10.0. The van der Waals surface area contributed by atoms with Gasteiger partial charge in [0.2, 0.25) is 0 Å². The molecule has 21 heavy (non-hydrogen) atoms. The Kier molecular flexibility index (Phi) is 5.07. The first kappa shape index (κ1) is 15.6. The van der Waals surface area contributed by atoms with Crippen LogP contribution in [-0.2, 0) is 4.74 Å². The van der Waals surface area contributed by atoms with E-state index in [-0.39, 0.29) is 12.0 Å². The van der Waals surface area contributed by atoms with Crippen LogP contribution in [0.15, 0.2) is 18.2 Å². The van der Waals surface area contributed by atoms with Crippen molar-refractivity contribution in [1.82, 2.24) is 4.90 Å².